The molecule has 0 fully saturated rings. The molecule has 106 valence electrons. The van der Waals surface area contributed by atoms with Gasteiger partial charge in [0.25, 0.3) is 0 Å². The van der Waals surface area contributed by atoms with Crippen molar-refractivity contribution >= 4 is 0 Å². The number of pyridine rings is 1. The van der Waals surface area contributed by atoms with Gasteiger partial charge in [0.2, 0.25) is 0 Å². The molecule has 2 aromatic rings. The van der Waals surface area contributed by atoms with Crippen LogP contribution in [0.1, 0.15) is 35.2 Å². The normalized spacial score (nSPS) is 12.2. The number of hydrogen-bond donors (Lipinski definition) is 1. The largest absolute Gasteiger partial charge is 0.496 e. The summed E-state index contributed by atoms with van der Waals surface area (Å²) in [5.74, 6) is 0.966. The molecule has 1 N–H and O–H groups in total. The Bertz CT molecular complexity index is 567. The molecule has 1 heterocycles. The van der Waals surface area contributed by atoms with Crippen LogP contribution in [-0.4, -0.2) is 18.6 Å². The average molecular weight is 270 g/mol. The van der Waals surface area contributed by atoms with Crippen molar-refractivity contribution in [3.8, 4) is 5.75 Å². The van der Waals surface area contributed by atoms with Gasteiger partial charge in [0.1, 0.15) is 5.75 Å². The summed E-state index contributed by atoms with van der Waals surface area (Å²) < 4.78 is 5.65. The Balaban J connectivity index is 2.53. The fourth-order valence-corrected chi connectivity index (χ4v) is 2.48. The Morgan fingerprint density at radius 2 is 1.85 bits per heavy atom. The molecule has 1 aromatic heterocycles. The number of nitrogens with one attached hydrogen (secondary N) is 1. The summed E-state index contributed by atoms with van der Waals surface area (Å²) in [6.07, 6.45) is 3.65. The lowest BCUT2D eigenvalue weighted by Crippen LogP contribution is -2.23. The van der Waals surface area contributed by atoms with E-state index < -0.39 is 0 Å². The van der Waals surface area contributed by atoms with Gasteiger partial charge in [-0.25, -0.2) is 0 Å². The van der Waals surface area contributed by atoms with E-state index in [4.69, 9.17) is 4.74 Å². The Hall–Kier alpha value is -1.87. The summed E-state index contributed by atoms with van der Waals surface area (Å²) >= 11 is 0. The van der Waals surface area contributed by atoms with Crippen LogP contribution in [0.4, 0.5) is 0 Å². The zero-order valence-electron chi connectivity index (χ0n) is 12.6. The first-order chi connectivity index (χ1) is 9.69. The number of aromatic nitrogens is 1. The highest BCUT2D eigenvalue weighted by Crippen LogP contribution is 2.33. The van der Waals surface area contributed by atoms with E-state index in [-0.39, 0.29) is 6.04 Å². The van der Waals surface area contributed by atoms with Crippen LogP contribution in [0.15, 0.2) is 36.7 Å². The lowest BCUT2D eigenvalue weighted by Gasteiger charge is -2.23. The third-order valence-electron chi connectivity index (χ3n) is 3.67. The molecule has 3 heteroatoms. The van der Waals surface area contributed by atoms with Crippen molar-refractivity contribution in [2.45, 2.75) is 26.8 Å². The van der Waals surface area contributed by atoms with Crippen LogP contribution in [0, 0.1) is 13.8 Å². The number of ether oxygens (including phenoxy) is 1. The van der Waals surface area contributed by atoms with Gasteiger partial charge in [-0.1, -0.05) is 19.1 Å². The number of hydrogen-bond acceptors (Lipinski definition) is 3. The van der Waals surface area contributed by atoms with Crippen molar-refractivity contribution in [1.82, 2.24) is 10.3 Å². The zero-order valence-corrected chi connectivity index (χ0v) is 12.6. The van der Waals surface area contributed by atoms with Gasteiger partial charge in [0.05, 0.1) is 13.2 Å². The van der Waals surface area contributed by atoms with E-state index in [9.17, 15) is 0 Å². The lowest BCUT2D eigenvalue weighted by molar-refractivity contribution is 0.401. The maximum absolute atomic E-state index is 5.65. The highest BCUT2D eigenvalue weighted by atomic mass is 16.5. The Morgan fingerprint density at radius 1 is 1.15 bits per heavy atom. The third-order valence-corrected chi connectivity index (χ3v) is 3.67. The van der Waals surface area contributed by atoms with E-state index in [1.807, 2.05) is 24.5 Å². The molecule has 0 aliphatic carbocycles. The van der Waals surface area contributed by atoms with Crippen molar-refractivity contribution in [2.24, 2.45) is 0 Å². The third kappa shape index (κ3) is 2.83. The number of aryl methyl sites for hydroxylation is 1. The van der Waals surface area contributed by atoms with Crippen LogP contribution in [0.3, 0.4) is 0 Å². The molecule has 0 spiro atoms. The average Bonchev–Trinajstić information content (AvgIpc) is 2.48. The predicted octanol–water partition coefficient (Wildman–Crippen LogP) is 3.41. The molecule has 0 aliphatic rings. The summed E-state index contributed by atoms with van der Waals surface area (Å²) in [6, 6.07) is 8.51. The first-order valence-corrected chi connectivity index (χ1v) is 6.96. The van der Waals surface area contributed by atoms with Crippen LogP contribution < -0.4 is 10.1 Å². The van der Waals surface area contributed by atoms with Crippen molar-refractivity contribution in [1.29, 1.82) is 0 Å². The summed E-state index contributed by atoms with van der Waals surface area (Å²) in [4.78, 5) is 4.10. The maximum atomic E-state index is 5.65. The van der Waals surface area contributed by atoms with Gasteiger partial charge in [-0.15, -0.1) is 0 Å². The number of rotatable bonds is 5. The van der Waals surface area contributed by atoms with E-state index in [1.165, 1.54) is 22.3 Å². The molecule has 2 rings (SSSR count). The number of nitrogens with zero attached hydrogens (tertiary/aromatic N) is 1. The fourth-order valence-electron chi connectivity index (χ4n) is 2.48. The molecular weight excluding hydrogens is 248 g/mol. The standard InChI is InChI=1S/C17H22N2O/c1-5-19-16(14-8-10-18-11-9-14)15-7-6-12(2)13(3)17(15)20-4/h6-11,16,19H,5H2,1-4H3. The summed E-state index contributed by atoms with van der Waals surface area (Å²) in [6.45, 7) is 7.22. The second-order valence-corrected chi connectivity index (χ2v) is 4.90. The minimum absolute atomic E-state index is 0.122. The smallest absolute Gasteiger partial charge is 0.127 e. The van der Waals surface area contributed by atoms with Crippen LogP contribution in [0.2, 0.25) is 0 Å². The molecular formula is C17H22N2O. The monoisotopic (exact) mass is 270 g/mol. The van der Waals surface area contributed by atoms with E-state index in [1.54, 1.807) is 7.11 Å². The van der Waals surface area contributed by atoms with E-state index in [0.29, 0.717) is 0 Å². The topological polar surface area (TPSA) is 34.2 Å². The van der Waals surface area contributed by atoms with Gasteiger partial charge in [-0.05, 0) is 49.2 Å². The second-order valence-electron chi connectivity index (χ2n) is 4.90. The molecule has 1 unspecified atom stereocenters. The Labute approximate surface area is 121 Å². The van der Waals surface area contributed by atoms with Gasteiger partial charge < -0.3 is 10.1 Å². The van der Waals surface area contributed by atoms with E-state index >= 15 is 0 Å². The van der Waals surface area contributed by atoms with Gasteiger partial charge in [0, 0.05) is 18.0 Å². The van der Waals surface area contributed by atoms with Crippen molar-refractivity contribution in [2.75, 3.05) is 13.7 Å². The Morgan fingerprint density at radius 3 is 2.45 bits per heavy atom. The molecule has 0 aliphatic heterocycles. The van der Waals surface area contributed by atoms with Gasteiger partial charge >= 0.3 is 0 Å². The van der Waals surface area contributed by atoms with Crippen LogP contribution in [0.25, 0.3) is 0 Å². The van der Waals surface area contributed by atoms with Crippen molar-refractivity contribution in [3.05, 3.63) is 58.9 Å². The first-order valence-electron chi connectivity index (χ1n) is 6.96. The molecule has 1 aromatic carbocycles. The summed E-state index contributed by atoms with van der Waals surface area (Å²) in [7, 11) is 1.74. The molecule has 20 heavy (non-hydrogen) atoms. The molecule has 0 saturated heterocycles. The molecule has 0 bridgehead atoms. The predicted molar refractivity (Wildman–Crippen MR) is 82.2 cm³/mol. The molecule has 1 atom stereocenters. The fraction of sp³-hybridized carbons (Fsp3) is 0.353. The minimum Gasteiger partial charge on any atom is -0.496 e. The molecule has 0 amide bonds. The zero-order chi connectivity index (χ0) is 14.5. The SMILES string of the molecule is CCNC(c1ccncc1)c1ccc(C)c(C)c1OC. The number of benzene rings is 1. The number of methoxy groups -OCH3 is 1. The molecule has 0 saturated carbocycles. The van der Waals surface area contributed by atoms with Crippen LogP contribution in [-0.2, 0) is 0 Å². The second kappa shape index (κ2) is 6.53. The van der Waals surface area contributed by atoms with E-state index in [2.05, 4.69) is 43.2 Å². The summed E-state index contributed by atoms with van der Waals surface area (Å²) in [5.41, 5.74) is 4.81. The highest BCUT2D eigenvalue weighted by molar-refractivity contribution is 5.49. The minimum atomic E-state index is 0.122. The first kappa shape index (κ1) is 14.5. The summed E-state index contributed by atoms with van der Waals surface area (Å²) in [5, 5.41) is 3.53. The highest BCUT2D eigenvalue weighted by Gasteiger charge is 2.19. The van der Waals surface area contributed by atoms with Crippen LogP contribution in [0.5, 0.6) is 5.75 Å². The van der Waals surface area contributed by atoms with Crippen molar-refractivity contribution < 1.29 is 4.74 Å². The Kier molecular flexibility index (Phi) is 4.74. The van der Waals surface area contributed by atoms with E-state index in [0.717, 1.165) is 12.3 Å². The molecule has 3 nitrogen and oxygen atoms in total. The van der Waals surface area contributed by atoms with Crippen molar-refractivity contribution in [3.63, 3.8) is 0 Å². The van der Waals surface area contributed by atoms with Crippen LogP contribution >= 0.6 is 0 Å². The van der Waals surface area contributed by atoms with Gasteiger partial charge in [-0.2, -0.15) is 0 Å². The van der Waals surface area contributed by atoms with Gasteiger partial charge in [0.15, 0.2) is 0 Å². The molecule has 0 radical (unpaired) electrons. The van der Waals surface area contributed by atoms with Gasteiger partial charge in [-0.3, -0.25) is 4.98 Å². The lowest BCUT2D eigenvalue weighted by atomic mass is 9.94. The maximum Gasteiger partial charge on any atom is 0.127 e. The quantitative estimate of drug-likeness (QED) is 0.904.